The molecule has 1 unspecified atom stereocenters. The van der Waals surface area contributed by atoms with Crippen molar-refractivity contribution in [1.29, 1.82) is 0 Å². The predicted octanol–water partition coefficient (Wildman–Crippen LogP) is 0.779. The maximum atomic E-state index is 12.2. The largest absolute Gasteiger partial charge is 0.348 e. The van der Waals surface area contributed by atoms with Crippen LogP contribution in [0.2, 0.25) is 0 Å². The molecule has 2 heterocycles. The number of nitrogens with one attached hydrogen (secondary N) is 2. The van der Waals surface area contributed by atoms with Gasteiger partial charge in [-0.3, -0.25) is 9.89 Å². The molecule has 1 aromatic heterocycles. The topological polar surface area (TPSA) is 105 Å². The van der Waals surface area contributed by atoms with Gasteiger partial charge in [-0.15, -0.1) is 0 Å². The number of sulfone groups is 1. The van der Waals surface area contributed by atoms with Crippen molar-refractivity contribution in [3.63, 3.8) is 0 Å². The number of H-pyrrole nitrogens is 1. The molecule has 1 aromatic carbocycles. The first kappa shape index (κ1) is 14.7. The van der Waals surface area contributed by atoms with E-state index in [4.69, 9.17) is 0 Å². The Balaban J connectivity index is 1.67. The molecule has 0 bridgehead atoms. The number of nitrogens with zero attached hydrogens (tertiary/aromatic N) is 2. The highest BCUT2D eigenvalue weighted by Gasteiger charge is 2.26. The van der Waals surface area contributed by atoms with Gasteiger partial charge in [-0.05, 0) is 25.0 Å². The first-order valence-electron chi connectivity index (χ1n) is 7.00. The minimum absolute atomic E-state index is 0.0227. The molecule has 116 valence electrons. The SMILES string of the molecule is O=C(NC1CCCS(=O)(=O)C1)c1ccc(-c2ncn[nH]2)cc1. The van der Waals surface area contributed by atoms with Gasteiger partial charge in [-0.2, -0.15) is 5.10 Å². The standard InChI is InChI=1S/C14H16N4O3S/c19-14(17-12-2-1-7-22(20,21)8-12)11-5-3-10(4-6-11)13-15-9-16-18-13/h3-6,9,12H,1-2,7-8H2,(H,17,19)(H,15,16,18). The number of benzene rings is 1. The van der Waals surface area contributed by atoms with Crippen LogP contribution in [0.3, 0.4) is 0 Å². The second-order valence-corrected chi connectivity index (χ2v) is 7.57. The Morgan fingerprint density at radius 3 is 2.68 bits per heavy atom. The van der Waals surface area contributed by atoms with Gasteiger partial charge in [0.2, 0.25) is 0 Å². The first-order chi connectivity index (χ1) is 10.5. The summed E-state index contributed by atoms with van der Waals surface area (Å²) >= 11 is 0. The Morgan fingerprint density at radius 1 is 1.27 bits per heavy atom. The number of hydrogen-bond acceptors (Lipinski definition) is 5. The number of amides is 1. The Labute approximate surface area is 128 Å². The summed E-state index contributed by atoms with van der Waals surface area (Å²) in [6, 6.07) is 6.61. The Kier molecular flexibility index (Phi) is 3.93. The quantitative estimate of drug-likeness (QED) is 0.869. The fourth-order valence-corrected chi connectivity index (χ4v) is 4.17. The summed E-state index contributed by atoms with van der Waals surface area (Å²) in [5.41, 5.74) is 1.32. The molecule has 7 nitrogen and oxygen atoms in total. The van der Waals surface area contributed by atoms with Crippen LogP contribution in [0.1, 0.15) is 23.2 Å². The minimum Gasteiger partial charge on any atom is -0.348 e. The summed E-state index contributed by atoms with van der Waals surface area (Å²) in [6.45, 7) is 0. The maximum absolute atomic E-state index is 12.2. The van der Waals surface area contributed by atoms with E-state index in [1.165, 1.54) is 6.33 Å². The van der Waals surface area contributed by atoms with Gasteiger partial charge in [0.25, 0.3) is 5.91 Å². The van der Waals surface area contributed by atoms with Gasteiger partial charge in [-0.1, -0.05) is 12.1 Å². The molecule has 3 rings (SSSR count). The van der Waals surface area contributed by atoms with Gasteiger partial charge in [0, 0.05) is 17.2 Å². The number of rotatable bonds is 3. The monoisotopic (exact) mass is 320 g/mol. The molecule has 22 heavy (non-hydrogen) atoms. The van der Waals surface area contributed by atoms with Crippen LogP contribution in [0.5, 0.6) is 0 Å². The third-order valence-corrected chi connectivity index (χ3v) is 5.45. The molecular weight excluding hydrogens is 304 g/mol. The fourth-order valence-electron chi connectivity index (χ4n) is 2.53. The van der Waals surface area contributed by atoms with E-state index in [0.29, 0.717) is 24.2 Å². The van der Waals surface area contributed by atoms with Crippen LogP contribution in [0.25, 0.3) is 11.4 Å². The van der Waals surface area contributed by atoms with Crippen molar-refractivity contribution in [2.24, 2.45) is 0 Å². The molecule has 0 saturated carbocycles. The van der Waals surface area contributed by atoms with Gasteiger partial charge < -0.3 is 5.32 Å². The van der Waals surface area contributed by atoms with Crippen molar-refractivity contribution >= 4 is 15.7 Å². The third-order valence-electron chi connectivity index (χ3n) is 3.63. The van der Waals surface area contributed by atoms with Crippen molar-refractivity contribution in [3.05, 3.63) is 36.2 Å². The summed E-state index contributed by atoms with van der Waals surface area (Å²) in [6.07, 6.45) is 2.71. The van der Waals surface area contributed by atoms with Gasteiger partial charge in [-0.25, -0.2) is 13.4 Å². The number of aromatic nitrogens is 3. The average molecular weight is 320 g/mol. The Hall–Kier alpha value is -2.22. The lowest BCUT2D eigenvalue weighted by molar-refractivity contribution is 0.0938. The van der Waals surface area contributed by atoms with Crippen molar-refractivity contribution in [1.82, 2.24) is 20.5 Å². The molecule has 1 fully saturated rings. The molecule has 1 atom stereocenters. The minimum atomic E-state index is -3.03. The number of carbonyl (C=O) groups excluding carboxylic acids is 1. The molecule has 0 spiro atoms. The highest BCUT2D eigenvalue weighted by atomic mass is 32.2. The Morgan fingerprint density at radius 2 is 2.05 bits per heavy atom. The van der Waals surface area contributed by atoms with Crippen LogP contribution in [0, 0.1) is 0 Å². The van der Waals surface area contributed by atoms with Crippen LogP contribution >= 0.6 is 0 Å². The molecule has 2 aromatic rings. The van der Waals surface area contributed by atoms with E-state index in [9.17, 15) is 13.2 Å². The molecule has 8 heteroatoms. The second-order valence-electron chi connectivity index (χ2n) is 5.34. The first-order valence-corrected chi connectivity index (χ1v) is 8.83. The van der Waals surface area contributed by atoms with E-state index in [2.05, 4.69) is 20.5 Å². The van der Waals surface area contributed by atoms with Crippen LogP contribution in [0.15, 0.2) is 30.6 Å². The number of hydrogen-bond donors (Lipinski definition) is 2. The average Bonchev–Trinajstić information content (AvgIpc) is 3.00. The molecule has 2 N–H and O–H groups in total. The van der Waals surface area contributed by atoms with E-state index < -0.39 is 9.84 Å². The van der Waals surface area contributed by atoms with Crippen molar-refractivity contribution < 1.29 is 13.2 Å². The third kappa shape index (κ3) is 3.33. The van der Waals surface area contributed by atoms with E-state index in [1.54, 1.807) is 24.3 Å². The lowest BCUT2D eigenvalue weighted by Crippen LogP contribution is -2.43. The van der Waals surface area contributed by atoms with Gasteiger partial charge in [0.05, 0.1) is 11.5 Å². The van der Waals surface area contributed by atoms with Gasteiger partial charge >= 0.3 is 0 Å². The van der Waals surface area contributed by atoms with Gasteiger partial charge in [0.15, 0.2) is 15.7 Å². The second kappa shape index (κ2) is 5.88. The van der Waals surface area contributed by atoms with Crippen LogP contribution in [-0.4, -0.2) is 47.1 Å². The highest BCUT2D eigenvalue weighted by Crippen LogP contribution is 2.16. The maximum Gasteiger partial charge on any atom is 0.251 e. The zero-order valence-corrected chi connectivity index (χ0v) is 12.6. The normalized spacial score (nSPS) is 20.5. The van der Waals surface area contributed by atoms with Crippen molar-refractivity contribution in [3.8, 4) is 11.4 Å². The lowest BCUT2D eigenvalue weighted by atomic mass is 10.1. The summed E-state index contributed by atoms with van der Waals surface area (Å²) < 4.78 is 23.2. The van der Waals surface area contributed by atoms with Gasteiger partial charge in [0.1, 0.15) is 6.33 Å². The highest BCUT2D eigenvalue weighted by molar-refractivity contribution is 7.91. The zero-order valence-electron chi connectivity index (χ0n) is 11.8. The summed E-state index contributed by atoms with van der Waals surface area (Å²) in [5.74, 6) is 0.608. The van der Waals surface area contributed by atoms with E-state index >= 15 is 0 Å². The van der Waals surface area contributed by atoms with E-state index in [1.807, 2.05) is 0 Å². The fraction of sp³-hybridized carbons (Fsp3) is 0.357. The summed E-state index contributed by atoms with van der Waals surface area (Å²) in [5, 5.41) is 9.31. The van der Waals surface area contributed by atoms with Crippen molar-refractivity contribution in [2.45, 2.75) is 18.9 Å². The summed E-state index contributed by atoms with van der Waals surface area (Å²) in [4.78, 5) is 16.2. The zero-order chi connectivity index (χ0) is 15.6. The predicted molar refractivity (Wildman–Crippen MR) is 81.0 cm³/mol. The van der Waals surface area contributed by atoms with Crippen LogP contribution in [-0.2, 0) is 9.84 Å². The number of aromatic amines is 1. The van der Waals surface area contributed by atoms with E-state index in [-0.39, 0.29) is 23.5 Å². The molecule has 1 saturated heterocycles. The lowest BCUT2D eigenvalue weighted by Gasteiger charge is -2.23. The van der Waals surface area contributed by atoms with Crippen LogP contribution in [0.4, 0.5) is 0 Å². The number of carbonyl (C=O) groups is 1. The molecule has 0 radical (unpaired) electrons. The molecular formula is C14H16N4O3S. The van der Waals surface area contributed by atoms with E-state index in [0.717, 1.165) is 5.56 Å². The summed E-state index contributed by atoms with van der Waals surface area (Å²) in [7, 11) is -3.03. The van der Waals surface area contributed by atoms with Crippen molar-refractivity contribution in [2.75, 3.05) is 11.5 Å². The molecule has 0 aliphatic carbocycles. The van der Waals surface area contributed by atoms with Crippen LogP contribution < -0.4 is 5.32 Å². The smallest absolute Gasteiger partial charge is 0.251 e. The molecule has 1 aliphatic heterocycles. The Bertz CT molecular complexity index is 754. The molecule has 1 aliphatic rings. The molecule has 1 amide bonds.